The van der Waals surface area contributed by atoms with E-state index in [-0.39, 0.29) is 22.8 Å². The van der Waals surface area contributed by atoms with E-state index >= 15 is 0 Å². The van der Waals surface area contributed by atoms with E-state index in [9.17, 15) is 14.7 Å². The van der Waals surface area contributed by atoms with Crippen molar-refractivity contribution in [2.75, 3.05) is 5.32 Å². The van der Waals surface area contributed by atoms with Crippen LogP contribution in [0.1, 0.15) is 40.1 Å². The first kappa shape index (κ1) is 14.5. The Balaban J connectivity index is 2.15. The number of aryl methyl sites for hydroxylation is 1. The average molecular weight is 290 g/mol. The molecule has 0 unspecified atom stereocenters. The number of carbonyl (C=O) groups excluding carboxylic acids is 1. The molecule has 2 aromatic rings. The number of nitrogens with zero attached hydrogens (tertiary/aromatic N) is 2. The average Bonchev–Trinajstić information content (AvgIpc) is 2.90. The molecule has 1 amide bonds. The van der Waals surface area contributed by atoms with Gasteiger partial charge in [0.2, 0.25) is 5.82 Å². The van der Waals surface area contributed by atoms with Gasteiger partial charge < -0.3 is 15.5 Å². The van der Waals surface area contributed by atoms with Gasteiger partial charge in [-0.15, -0.1) is 5.10 Å². The molecule has 0 aliphatic heterocycles. The molecule has 8 nitrogen and oxygen atoms in total. The summed E-state index contributed by atoms with van der Waals surface area (Å²) in [6, 6.07) is 3.74. The number of amides is 1. The predicted octanol–water partition coefficient (Wildman–Crippen LogP) is 1.41. The molecule has 4 N–H and O–H groups in total. The van der Waals surface area contributed by atoms with E-state index in [1.807, 2.05) is 6.92 Å². The van der Waals surface area contributed by atoms with Crippen LogP contribution in [-0.2, 0) is 6.42 Å². The van der Waals surface area contributed by atoms with E-state index in [2.05, 4.69) is 20.5 Å². The highest BCUT2D eigenvalue weighted by Crippen LogP contribution is 2.21. The summed E-state index contributed by atoms with van der Waals surface area (Å²) < 4.78 is 0. The Kier molecular flexibility index (Phi) is 4.17. The summed E-state index contributed by atoms with van der Waals surface area (Å²) in [4.78, 5) is 26.9. The maximum Gasteiger partial charge on any atom is 0.339 e. The normalized spacial score (nSPS) is 10.3. The van der Waals surface area contributed by atoms with E-state index in [0.29, 0.717) is 12.2 Å². The lowest BCUT2D eigenvalue weighted by molar-refractivity contribution is 0.0693. The van der Waals surface area contributed by atoms with Gasteiger partial charge in [0, 0.05) is 12.1 Å². The van der Waals surface area contributed by atoms with Crippen molar-refractivity contribution in [2.24, 2.45) is 0 Å². The van der Waals surface area contributed by atoms with Gasteiger partial charge in [0.15, 0.2) is 0 Å². The highest BCUT2D eigenvalue weighted by atomic mass is 16.4. The number of aromatic carboxylic acids is 1. The van der Waals surface area contributed by atoms with Crippen molar-refractivity contribution in [1.29, 1.82) is 0 Å². The number of H-pyrrole nitrogens is 1. The third-order valence-electron chi connectivity index (χ3n) is 2.71. The number of carboxylic acid groups (broad SMARTS) is 1. The number of hydrogen-bond donors (Lipinski definition) is 4. The monoisotopic (exact) mass is 290 g/mol. The van der Waals surface area contributed by atoms with Crippen LogP contribution in [0, 0.1) is 0 Å². The lowest BCUT2D eigenvalue weighted by atomic mass is 10.2. The molecule has 0 saturated heterocycles. The van der Waals surface area contributed by atoms with Crippen LogP contribution in [-0.4, -0.2) is 37.3 Å². The standard InChI is InChI=1S/C13H14N4O4/c1-2-3-10-15-11(17-16-10)12(19)14-7-4-5-9(18)8(6-7)13(20)21/h4-6,18H,2-3H2,1H3,(H,14,19)(H,20,21)(H,15,16,17). The minimum absolute atomic E-state index is 0.0246. The lowest BCUT2D eigenvalue weighted by Crippen LogP contribution is -2.14. The van der Waals surface area contributed by atoms with Crippen molar-refractivity contribution in [3.8, 4) is 5.75 Å². The quantitative estimate of drug-likeness (QED) is 0.616. The highest BCUT2D eigenvalue weighted by molar-refractivity contribution is 6.02. The van der Waals surface area contributed by atoms with Crippen molar-refractivity contribution >= 4 is 17.6 Å². The second kappa shape index (κ2) is 6.04. The Morgan fingerprint density at radius 2 is 2.14 bits per heavy atom. The molecule has 0 aliphatic rings. The molecule has 0 saturated carbocycles. The van der Waals surface area contributed by atoms with Crippen LogP contribution in [0.4, 0.5) is 5.69 Å². The fourth-order valence-corrected chi connectivity index (χ4v) is 1.72. The van der Waals surface area contributed by atoms with Crippen molar-refractivity contribution in [1.82, 2.24) is 15.2 Å². The molecule has 0 atom stereocenters. The molecular formula is C13H14N4O4. The van der Waals surface area contributed by atoms with Crippen molar-refractivity contribution in [3.63, 3.8) is 0 Å². The maximum absolute atomic E-state index is 11.9. The molecule has 21 heavy (non-hydrogen) atoms. The zero-order valence-electron chi connectivity index (χ0n) is 11.3. The number of carboxylic acids is 1. The van der Waals surface area contributed by atoms with Gasteiger partial charge in [0.05, 0.1) is 0 Å². The predicted molar refractivity (Wildman–Crippen MR) is 73.4 cm³/mol. The molecule has 1 aromatic heterocycles. The van der Waals surface area contributed by atoms with Gasteiger partial charge in [-0.25, -0.2) is 9.78 Å². The topological polar surface area (TPSA) is 128 Å². The number of aromatic nitrogens is 3. The maximum atomic E-state index is 11.9. The number of anilines is 1. The number of carbonyl (C=O) groups is 2. The summed E-state index contributed by atoms with van der Waals surface area (Å²) in [5, 5.41) is 27.2. The number of hydrogen-bond acceptors (Lipinski definition) is 5. The second-order valence-electron chi connectivity index (χ2n) is 4.35. The van der Waals surface area contributed by atoms with E-state index in [0.717, 1.165) is 12.5 Å². The molecule has 2 rings (SSSR count). The zero-order valence-corrected chi connectivity index (χ0v) is 11.3. The smallest absolute Gasteiger partial charge is 0.339 e. The summed E-state index contributed by atoms with van der Waals surface area (Å²) in [5.41, 5.74) is -0.0634. The first-order valence-corrected chi connectivity index (χ1v) is 6.30. The van der Waals surface area contributed by atoms with Crippen LogP contribution in [0.2, 0.25) is 0 Å². The number of phenols is 1. The molecular weight excluding hydrogens is 276 g/mol. The van der Waals surface area contributed by atoms with Gasteiger partial charge in [-0.2, -0.15) is 0 Å². The molecule has 8 heteroatoms. The number of aromatic amines is 1. The van der Waals surface area contributed by atoms with Crippen molar-refractivity contribution in [2.45, 2.75) is 19.8 Å². The third kappa shape index (κ3) is 3.35. The van der Waals surface area contributed by atoms with E-state index < -0.39 is 11.9 Å². The molecule has 0 radical (unpaired) electrons. The summed E-state index contributed by atoms with van der Waals surface area (Å²) in [5.74, 6) is -1.63. The van der Waals surface area contributed by atoms with Crippen LogP contribution in [0.3, 0.4) is 0 Å². The molecule has 0 aliphatic carbocycles. The van der Waals surface area contributed by atoms with Crippen LogP contribution in [0.25, 0.3) is 0 Å². The van der Waals surface area contributed by atoms with E-state index in [1.54, 1.807) is 0 Å². The number of nitrogens with one attached hydrogen (secondary N) is 2. The largest absolute Gasteiger partial charge is 0.507 e. The zero-order chi connectivity index (χ0) is 15.4. The minimum Gasteiger partial charge on any atom is -0.507 e. The lowest BCUT2D eigenvalue weighted by Gasteiger charge is -2.05. The van der Waals surface area contributed by atoms with Gasteiger partial charge in [0.25, 0.3) is 5.91 Å². The van der Waals surface area contributed by atoms with Crippen LogP contribution in [0.5, 0.6) is 5.75 Å². The van der Waals surface area contributed by atoms with Gasteiger partial charge in [-0.1, -0.05) is 6.92 Å². The summed E-state index contributed by atoms with van der Waals surface area (Å²) in [6.45, 7) is 1.98. The van der Waals surface area contributed by atoms with E-state index in [1.165, 1.54) is 12.1 Å². The summed E-state index contributed by atoms with van der Waals surface area (Å²) in [6.07, 6.45) is 1.55. The third-order valence-corrected chi connectivity index (χ3v) is 2.71. The SMILES string of the molecule is CCCc1nc(C(=O)Nc2ccc(O)c(C(=O)O)c2)n[nH]1. The summed E-state index contributed by atoms with van der Waals surface area (Å²) in [7, 11) is 0. The van der Waals surface area contributed by atoms with Crippen LogP contribution < -0.4 is 5.32 Å². The van der Waals surface area contributed by atoms with Crippen molar-refractivity contribution in [3.05, 3.63) is 35.4 Å². The Morgan fingerprint density at radius 1 is 1.38 bits per heavy atom. The van der Waals surface area contributed by atoms with Gasteiger partial charge in [-0.05, 0) is 24.6 Å². The molecule has 110 valence electrons. The van der Waals surface area contributed by atoms with Crippen LogP contribution in [0.15, 0.2) is 18.2 Å². The first-order chi connectivity index (χ1) is 10.0. The van der Waals surface area contributed by atoms with Crippen LogP contribution >= 0.6 is 0 Å². The Labute approximate surface area is 119 Å². The van der Waals surface area contributed by atoms with Gasteiger partial charge >= 0.3 is 5.97 Å². The van der Waals surface area contributed by atoms with E-state index in [4.69, 9.17) is 5.11 Å². The first-order valence-electron chi connectivity index (χ1n) is 6.30. The van der Waals surface area contributed by atoms with Gasteiger partial charge in [-0.3, -0.25) is 9.89 Å². The number of aromatic hydroxyl groups is 1. The molecule has 1 aromatic carbocycles. The molecule has 0 fully saturated rings. The molecule has 1 heterocycles. The second-order valence-corrected chi connectivity index (χ2v) is 4.35. The molecule has 0 spiro atoms. The fourth-order valence-electron chi connectivity index (χ4n) is 1.72. The van der Waals surface area contributed by atoms with Gasteiger partial charge in [0.1, 0.15) is 17.1 Å². The van der Waals surface area contributed by atoms with Crippen molar-refractivity contribution < 1.29 is 19.8 Å². The Hall–Kier alpha value is -2.90. The number of benzene rings is 1. The minimum atomic E-state index is -1.29. The summed E-state index contributed by atoms with van der Waals surface area (Å²) >= 11 is 0. The number of rotatable bonds is 5. The Morgan fingerprint density at radius 3 is 2.81 bits per heavy atom. The fraction of sp³-hybridized carbons (Fsp3) is 0.231. The highest BCUT2D eigenvalue weighted by Gasteiger charge is 2.15. The Bertz CT molecular complexity index is 681. The molecule has 0 bridgehead atoms.